The molecule has 6 rings (SSSR count). The fourth-order valence-electron chi connectivity index (χ4n) is 6.25. The first-order valence-electron chi connectivity index (χ1n) is 13.5. The van der Waals surface area contributed by atoms with Crippen LogP contribution >= 0.6 is 0 Å². The highest BCUT2D eigenvalue weighted by atomic mass is 16.5. The first-order chi connectivity index (χ1) is 17.4. The standard InChI is InChI=1S/C35H38NO/c1-21-25-11-9-10-12-27(25)28(20-35(5,6)7)33-29(21)31-30-23(15-16-36(31)8)18-24-17-22(19-34(2,3)4)13-14-26(24)32(30)37-33/h9-18H,19-20H2,1-8H3/q+1. The van der Waals surface area contributed by atoms with E-state index in [9.17, 15) is 0 Å². The topological polar surface area (TPSA) is 13.1 Å². The number of ether oxygens (including phenoxy) is 1. The van der Waals surface area contributed by atoms with Gasteiger partial charge >= 0.3 is 0 Å². The Morgan fingerprint density at radius 1 is 0.730 bits per heavy atom. The molecule has 0 aliphatic carbocycles. The summed E-state index contributed by atoms with van der Waals surface area (Å²) < 4.78 is 9.40. The van der Waals surface area contributed by atoms with Crippen LogP contribution in [0.1, 0.15) is 58.2 Å². The van der Waals surface area contributed by atoms with E-state index in [1.165, 1.54) is 60.3 Å². The van der Waals surface area contributed by atoms with Crippen LogP contribution in [0.5, 0.6) is 11.5 Å². The van der Waals surface area contributed by atoms with Crippen molar-refractivity contribution < 1.29 is 9.30 Å². The van der Waals surface area contributed by atoms with Crippen molar-refractivity contribution in [3.8, 4) is 22.8 Å². The van der Waals surface area contributed by atoms with E-state index in [1.807, 2.05) is 0 Å². The monoisotopic (exact) mass is 488 g/mol. The minimum absolute atomic E-state index is 0.129. The molecule has 4 aromatic carbocycles. The van der Waals surface area contributed by atoms with Gasteiger partial charge < -0.3 is 4.74 Å². The van der Waals surface area contributed by atoms with Gasteiger partial charge in [-0.1, -0.05) is 84.0 Å². The second-order valence-electron chi connectivity index (χ2n) is 13.4. The molecular formula is C35H38NO+. The molecule has 0 unspecified atom stereocenters. The molecule has 0 bridgehead atoms. The van der Waals surface area contributed by atoms with Crippen molar-refractivity contribution in [3.63, 3.8) is 0 Å². The van der Waals surface area contributed by atoms with E-state index in [-0.39, 0.29) is 10.8 Å². The maximum absolute atomic E-state index is 7.11. The van der Waals surface area contributed by atoms with Gasteiger partial charge in [0.15, 0.2) is 6.20 Å². The van der Waals surface area contributed by atoms with Crippen molar-refractivity contribution in [2.24, 2.45) is 17.9 Å². The summed E-state index contributed by atoms with van der Waals surface area (Å²) in [7, 11) is 2.17. The molecule has 5 aromatic rings. The summed E-state index contributed by atoms with van der Waals surface area (Å²) in [6.45, 7) is 16.1. The molecule has 2 heterocycles. The van der Waals surface area contributed by atoms with E-state index < -0.39 is 0 Å². The second kappa shape index (κ2) is 8.05. The van der Waals surface area contributed by atoms with Crippen LogP contribution in [0, 0.1) is 17.8 Å². The van der Waals surface area contributed by atoms with Crippen molar-refractivity contribution in [3.05, 3.63) is 77.5 Å². The van der Waals surface area contributed by atoms with Crippen molar-refractivity contribution in [1.82, 2.24) is 0 Å². The number of aromatic nitrogens is 1. The van der Waals surface area contributed by atoms with Crippen LogP contribution in [0.2, 0.25) is 0 Å². The first-order valence-corrected chi connectivity index (χ1v) is 13.5. The zero-order valence-corrected chi connectivity index (χ0v) is 23.5. The van der Waals surface area contributed by atoms with Gasteiger partial charge in [0.25, 0.3) is 0 Å². The molecule has 0 saturated heterocycles. The number of rotatable bonds is 2. The lowest BCUT2D eigenvalue weighted by molar-refractivity contribution is -0.659. The number of pyridine rings is 1. The van der Waals surface area contributed by atoms with Crippen molar-refractivity contribution in [2.75, 3.05) is 0 Å². The number of fused-ring (bicyclic) bond motifs is 5. The number of aryl methyl sites for hydroxylation is 2. The van der Waals surface area contributed by atoms with Crippen LogP contribution in [-0.2, 0) is 19.9 Å². The van der Waals surface area contributed by atoms with Crippen LogP contribution in [0.4, 0.5) is 0 Å². The van der Waals surface area contributed by atoms with E-state index in [4.69, 9.17) is 4.74 Å². The van der Waals surface area contributed by atoms with Gasteiger partial charge in [0.05, 0.1) is 10.9 Å². The Bertz CT molecular complexity index is 1730. The number of benzene rings is 4. The van der Waals surface area contributed by atoms with Gasteiger partial charge in [0, 0.05) is 17.0 Å². The molecule has 188 valence electrons. The maximum Gasteiger partial charge on any atom is 0.228 e. The van der Waals surface area contributed by atoms with Gasteiger partial charge in [0.2, 0.25) is 5.69 Å². The third kappa shape index (κ3) is 3.98. The van der Waals surface area contributed by atoms with Crippen LogP contribution in [0.25, 0.3) is 43.6 Å². The molecule has 0 spiro atoms. The largest absolute Gasteiger partial charge is 0.455 e. The lowest BCUT2D eigenvalue weighted by Crippen LogP contribution is -2.32. The summed E-state index contributed by atoms with van der Waals surface area (Å²) in [4.78, 5) is 0. The lowest BCUT2D eigenvalue weighted by atomic mass is 9.81. The first kappa shape index (κ1) is 24.0. The van der Waals surface area contributed by atoms with E-state index >= 15 is 0 Å². The Balaban J connectivity index is 1.72. The smallest absolute Gasteiger partial charge is 0.228 e. The normalized spacial score (nSPS) is 13.3. The molecule has 0 radical (unpaired) electrons. The predicted octanol–water partition coefficient (Wildman–Crippen LogP) is 9.23. The van der Waals surface area contributed by atoms with Gasteiger partial charge in [-0.25, -0.2) is 4.57 Å². The Labute approximate surface area is 220 Å². The highest BCUT2D eigenvalue weighted by molar-refractivity contribution is 6.13. The van der Waals surface area contributed by atoms with Crippen molar-refractivity contribution in [1.29, 1.82) is 0 Å². The molecule has 0 saturated carbocycles. The molecule has 0 atom stereocenters. The molecule has 0 amide bonds. The van der Waals surface area contributed by atoms with E-state index in [1.54, 1.807) is 0 Å². The Morgan fingerprint density at radius 2 is 1.43 bits per heavy atom. The fourth-order valence-corrected chi connectivity index (χ4v) is 6.25. The van der Waals surface area contributed by atoms with Gasteiger partial charge in [-0.05, 0) is 69.3 Å². The van der Waals surface area contributed by atoms with Crippen LogP contribution in [0.15, 0.2) is 60.8 Å². The average molecular weight is 489 g/mol. The van der Waals surface area contributed by atoms with Crippen molar-refractivity contribution in [2.45, 2.75) is 61.3 Å². The van der Waals surface area contributed by atoms with E-state index in [0.717, 1.165) is 24.3 Å². The summed E-state index contributed by atoms with van der Waals surface area (Å²) in [6.07, 6.45) is 4.21. The summed E-state index contributed by atoms with van der Waals surface area (Å²) in [5.74, 6) is 2.03. The highest BCUT2D eigenvalue weighted by Crippen LogP contribution is 2.53. The minimum Gasteiger partial charge on any atom is -0.455 e. The molecule has 0 fully saturated rings. The molecule has 1 aliphatic rings. The Kier molecular flexibility index (Phi) is 5.22. The number of nitrogens with zero attached hydrogens (tertiary/aromatic N) is 1. The molecular weight excluding hydrogens is 450 g/mol. The van der Waals surface area contributed by atoms with Crippen molar-refractivity contribution >= 4 is 32.3 Å². The molecule has 2 nitrogen and oxygen atoms in total. The minimum atomic E-state index is 0.129. The second-order valence-corrected chi connectivity index (χ2v) is 13.4. The SMILES string of the molecule is Cc1c2c(c(CC(C)(C)C)c3ccccc13)Oc1c3ccc(CC(C)(C)C)cc3cc3cc[n+](C)c-2c13. The van der Waals surface area contributed by atoms with Gasteiger partial charge in [-0.3, -0.25) is 0 Å². The van der Waals surface area contributed by atoms with E-state index in [2.05, 4.69) is 121 Å². The maximum atomic E-state index is 7.11. The van der Waals surface area contributed by atoms with E-state index in [0.29, 0.717) is 0 Å². The highest BCUT2D eigenvalue weighted by Gasteiger charge is 2.34. The quantitative estimate of drug-likeness (QED) is 0.175. The predicted molar refractivity (Wildman–Crippen MR) is 157 cm³/mol. The zero-order valence-electron chi connectivity index (χ0n) is 23.5. The molecule has 1 aliphatic heterocycles. The molecule has 0 N–H and O–H groups in total. The summed E-state index contributed by atoms with van der Waals surface area (Å²) in [6, 6.07) is 20.4. The summed E-state index contributed by atoms with van der Waals surface area (Å²) in [5, 5.41) is 7.52. The average Bonchev–Trinajstić information content (AvgIpc) is 2.81. The lowest BCUT2D eigenvalue weighted by Gasteiger charge is -2.28. The van der Waals surface area contributed by atoms with Gasteiger partial charge in [0.1, 0.15) is 18.5 Å². The number of hydrogen-bond acceptors (Lipinski definition) is 1. The number of hydrogen-bond donors (Lipinski definition) is 0. The Hall–Kier alpha value is -3.39. The summed E-state index contributed by atoms with van der Waals surface area (Å²) >= 11 is 0. The molecule has 2 heteroatoms. The molecule has 37 heavy (non-hydrogen) atoms. The fraction of sp³-hybridized carbons (Fsp3) is 0.343. The summed E-state index contributed by atoms with van der Waals surface area (Å²) in [5.41, 5.74) is 6.85. The van der Waals surface area contributed by atoms with Gasteiger partial charge in [-0.15, -0.1) is 0 Å². The van der Waals surface area contributed by atoms with Crippen LogP contribution < -0.4 is 9.30 Å². The third-order valence-electron chi connectivity index (χ3n) is 7.67. The third-order valence-corrected chi connectivity index (χ3v) is 7.67. The van der Waals surface area contributed by atoms with Gasteiger partial charge in [-0.2, -0.15) is 0 Å². The molecule has 1 aromatic heterocycles. The van der Waals surface area contributed by atoms with Crippen LogP contribution in [-0.4, -0.2) is 0 Å². The Morgan fingerprint density at radius 3 is 2.14 bits per heavy atom. The zero-order chi connectivity index (χ0) is 26.3. The van der Waals surface area contributed by atoms with Crippen LogP contribution in [0.3, 0.4) is 0 Å².